The maximum atomic E-state index is 12.9. The molecule has 3 rings (SSSR count). The molecule has 1 heterocycles. The van der Waals surface area contributed by atoms with Gasteiger partial charge in [0, 0.05) is 17.8 Å². The third-order valence-electron chi connectivity index (χ3n) is 4.48. The number of benzene rings is 2. The van der Waals surface area contributed by atoms with Crippen LogP contribution in [0.4, 0.5) is 5.69 Å². The predicted octanol–water partition coefficient (Wildman–Crippen LogP) is 4.45. The fourth-order valence-corrected chi connectivity index (χ4v) is 2.98. The number of rotatable bonds is 5. The van der Waals surface area contributed by atoms with Crippen molar-refractivity contribution in [2.45, 2.75) is 39.5 Å². The van der Waals surface area contributed by atoms with E-state index in [4.69, 9.17) is 4.74 Å². The standard InChI is InChI=1S/C20H24N2O2/c1-4-14(3)24-18-13-9-7-11-16(18)19-21-17-12-8-6-10-15(17)20(23)22(19)5-2/h6-14,19,21H,4-5H2,1-3H3. The number of nitrogens with one attached hydrogen (secondary N) is 1. The SMILES string of the molecule is CCC(C)Oc1ccccc1C1Nc2ccccc2C(=O)N1CC. The number of hydrogen-bond acceptors (Lipinski definition) is 3. The van der Waals surface area contributed by atoms with Gasteiger partial charge in [0.05, 0.1) is 11.7 Å². The number of nitrogens with zero attached hydrogens (tertiary/aromatic N) is 1. The molecule has 0 aromatic heterocycles. The van der Waals surface area contributed by atoms with Crippen LogP contribution in [0.5, 0.6) is 5.75 Å². The van der Waals surface area contributed by atoms with Crippen LogP contribution in [-0.4, -0.2) is 23.5 Å². The summed E-state index contributed by atoms with van der Waals surface area (Å²) in [6.45, 7) is 6.79. The summed E-state index contributed by atoms with van der Waals surface area (Å²) in [6, 6.07) is 15.6. The van der Waals surface area contributed by atoms with E-state index in [0.717, 1.165) is 29.0 Å². The van der Waals surface area contributed by atoms with E-state index in [9.17, 15) is 4.79 Å². The summed E-state index contributed by atoms with van der Waals surface area (Å²) < 4.78 is 6.09. The van der Waals surface area contributed by atoms with E-state index in [1.54, 1.807) is 0 Å². The molecule has 0 bridgehead atoms. The third kappa shape index (κ3) is 2.96. The molecule has 0 radical (unpaired) electrons. The Bertz CT molecular complexity index is 729. The van der Waals surface area contributed by atoms with Crippen molar-refractivity contribution in [3.05, 3.63) is 59.7 Å². The lowest BCUT2D eigenvalue weighted by Crippen LogP contribution is -2.42. The number of fused-ring (bicyclic) bond motifs is 1. The molecule has 1 aliphatic heterocycles. The fourth-order valence-electron chi connectivity index (χ4n) is 2.98. The minimum atomic E-state index is -0.224. The molecule has 2 aromatic rings. The van der Waals surface area contributed by atoms with Gasteiger partial charge in [0.1, 0.15) is 11.9 Å². The van der Waals surface area contributed by atoms with Crippen LogP contribution in [0.15, 0.2) is 48.5 Å². The normalized spacial score (nSPS) is 17.9. The van der Waals surface area contributed by atoms with Crippen LogP contribution >= 0.6 is 0 Å². The van der Waals surface area contributed by atoms with Gasteiger partial charge in [-0.15, -0.1) is 0 Å². The summed E-state index contributed by atoms with van der Waals surface area (Å²) in [5.74, 6) is 0.880. The lowest BCUT2D eigenvalue weighted by Gasteiger charge is -2.38. The molecule has 24 heavy (non-hydrogen) atoms. The highest BCUT2D eigenvalue weighted by molar-refractivity contribution is 6.01. The van der Waals surface area contributed by atoms with Crippen molar-refractivity contribution in [1.82, 2.24) is 4.90 Å². The molecular formula is C20H24N2O2. The predicted molar refractivity (Wildman–Crippen MR) is 96.3 cm³/mol. The van der Waals surface area contributed by atoms with Crippen molar-refractivity contribution in [3.63, 3.8) is 0 Å². The highest BCUT2D eigenvalue weighted by Crippen LogP contribution is 2.36. The highest BCUT2D eigenvalue weighted by atomic mass is 16.5. The molecule has 0 aliphatic carbocycles. The van der Waals surface area contributed by atoms with Crippen molar-refractivity contribution in [1.29, 1.82) is 0 Å². The largest absolute Gasteiger partial charge is 0.490 e. The number of carbonyl (C=O) groups is 1. The van der Waals surface area contributed by atoms with Crippen LogP contribution in [-0.2, 0) is 0 Å². The monoisotopic (exact) mass is 324 g/mol. The summed E-state index contributed by atoms with van der Waals surface area (Å²) in [6.07, 6.45) is 0.844. The third-order valence-corrected chi connectivity index (χ3v) is 4.48. The lowest BCUT2D eigenvalue weighted by atomic mass is 10.0. The Morgan fingerprint density at radius 1 is 1.12 bits per heavy atom. The molecule has 2 aromatic carbocycles. The van der Waals surface area contributed by atoms with E-state index in [0.29, 0.717) is 6.54 Å². The Hall–Kier alpha value is -2.49. The summed E-state index contributed by atoms with van der Waals surface area (Å²) in [7, 11) is 0. The first-order valence-electron chi connectivity index (χ1n) is 8.57. The fraction of sp³-hybridized carbons (Fsp3) is 0.350. The summed E-state index contributed by atoms with van der Waals surface area (Å²) in [5, 5.41) is 3.50. The molecule has 126 valence electrons. The average molecular weight is 324 g/mol. The van der Waals surface area contributed by atoms with E-state index in [1.165, 1.54) is 0 Å². The van der Waals surface area contributed by atoms with Gasteiger partial charge < -0.3 is 15.0 Å². The highest BCUT2D eigenvalue weighted by Gasteiger charge is 2.33. The molecule has 1 N–H and O–H groups in total. The van der Waals surface area contributed by atoms with E-state index >= 15 is 0 Å². The summed E-state index contributed by atoms with van der Waals surface area (Å²) >= 11 is 0. The molecule has 4 heteroatoms. The van der Waals surface area contributed by atoms with Gasteiger partial charge in [0.2, 0.25) is 0 Å². The molecule has 1 aliphatic rings. The zero-order chi connectivity index (χ0) is 17.1. The molecule has 1 amide bonds. The number of amides is 1. The number of para-hydroxylation sites is 2. The number of carbonyl (C=O) groups excluding carboxylic acids is 1. The quantitative estimate of drug-likeness (QED) is 0.883. The second-order valence-corrected chi connectivity index (χ2v) is 6.06. The Kier molecular flexibility index (Phi) is 4.74. The molecule has 2 atom stereocenters. The number of anilines is 1. The van der Waals surface area contributed by atoms with Crippen molar-refractivity contribution in [3.8, 4) is 5.75 Å². The van der Waals surface area contributed by atoms with Gasteiger partial charge in [0.15, 0.2) is 0 Å². The van der Waals surface area contributed by atoms with Crippen LogP contribution < -0.4 is 10.1 Å². The Morgan fingerprint density at radius 2 is 1.83 bits per heavy atom. The number of hydrogen-bond donors (Lipinski definition) is 1. The van der Waals surface area contributed by atoms with E-state index in [-0.39, 0.29) is 18.2 Å². The van der Waals surface area contributed by atoms with Crippen molar-refractivity contribution in [2.75, 3.05) is 11.9 Å². The maximum absolute atomic E-state index is 12.9. The first kappa shape index (κ1) is 16.4. The van der Waals surface area contributed by atoms with E-state index < -0.39 is 0 Å². The zero-order valence-corrected chi connectivity index (χ0v) is 14.5. The second-order valence-electron chi connectivity index (χ2n) is 6.06. The van der Waals surface area contributed by atoms with Gasteiger partial charge in [0.25, 0.3) is 5.91 Å². The van der Waals surface area contributed by atoms with E-state index in [2.05, 4.69) is 19.2 Å². The summed E-state index contributed by atoms with van der Waals surface area (Å²) in [4.78, 5) is 14.7. The van der Waals surface area contributed by atoms with E-state index in [1.807, 2.05) is 60.4 Å². The Balaban J connectivity index is 2.01. The average Bonchev–Trinajstić information content (AvgIpc) is 2.62. The number of ether oxygens (including phenoxy) is 1. The Labute approximate surface area is 143 Å². The first-order valence-corrected chi connectivity index (χ1v) is 8.57. The molecule has 0 saturated carbocycles. The minimum absolute atomic E-state index is 0.0511. The topological polar surface area (TPSA) is 41.6 Å². The van der Waals surface area contributed by atoms with Crippen LogP contribution in [0.3, 0.4) is 0 Å². The van der Waals surface area contributed by atoms with Crippen LogP contribution in [0.25, 0.3) is 0 Å². The molecule has 0 fully saturated rings. The lowest BCUT2D eigenvalue weighted by molar-refractivity contribution is 0.0691. The van der Waals surface area contributed by atoms with Gasteiger partial charge >= 0.3 is 0 Å². The van der Waals surface area contributed by atoms with Gasteiger partial charge in [-0.2, -0.15) is 0 Å². The second kappa shape index (κ2) is 6.95. The van der Waals surface area contributed by atoms with Crippen molar-refractivity contribution < 1.29 is 9.53 Å². The van der Waals surface area contributed by atoms with Crippen LogP contribution in [0.1, 0.15) is 49.3 Å². The molecule has 0 spiro atoms. The zero-order valence-electron chi connectivity index (χ0n) is 14.5. The van der Waals surface area contributed by atoms with Gasteiger partial charge in [-0.1, -0.05) is 37.3 Å². The maximum Gasteiger partial charge on any atom is 0.257 e. The molecule has 0 saturated heterocycles. The van der Waals surface area contributed by atoms with Crippen LogP contribution in [0, 0.1) is 0 Å². The molecular weight excluding hydrogens is 300 g/mol. The minimum Gasteiger partial charge on any atom is -0.490 e. The van der Waals surface area contributed by atoms with Gasteiger partial charge in [-0.25, -0.2) is 0 Å². The van der Waals surface area contributed by atoms with Crippen molar-refractivity contribution in [2.24, 2.45) is 0 Å². The molecule has 2 unspecified atom stereocenters. The van der Waals surface area contributed by atoms with Gasteiger partial charge in [-0.3, -0.25) is 4.79 Å². The smallest absolute Gasteiger partial charge is 0.257 e. The Morgan fingerprint density at radius 3 is 2.58 bits per heavy atom. The van der Waals surface area contributed by atoms with Gasteiger partial charge in [-0.05, 0) is 38.5 Å². The van der Waals surface area contributed by atoms with Crippen LogP contribution in [0.2, 0.25) is 0 Å². The summed E-state index contributed by atoms with van der Waals surface area (Å²) in [5.41, 5.74) is 2.58. The molecule has 4 nitrogen and oxygen atoms in total. The first-order chi connectivity index (χ1) is 11.7. The van der Waals surface area contributed by atoms with Crippen molar-refractivity contribution >= 4 is 11.6 Å².